The fourth-order valence-electron chi connectivity index (χ4n) is 2.99. The van der Waals surface area contributed by atoms with Gasteiger partial charge in [0.15, 0.2) is 0 Å². The van der Waals surface area contributed by atoms with Crippen LogP contribution in [0.1, 0.15) is 42.0 Å². The molecular weight excluding hydrogens is 322 g/mol. The average Bonchev–Trinajstić information content (AvgIpc) is 3.00. The van der Waals surface area contributed by atoms with Crippen LogP contribution in [-0.4, -0.2) is 44.9 Å². The zero-order valence-electron chi connectivity index (χ0n) is 14.7. The average molecular weight is 345 g/mol. The SMILES string of the molecule is COc1nc(C(=O)NC2CCC(Oc3cccnc3C)CC2)nn1C. The van der Waals surface area contributed by atoms with E-state index >= 15 is 0 Å². The first-order valence-electron chi connectivity index (χ1n) is 8.41. The van der Waals surface area contributed by atoms with Crippen molar-refractivity contribution in [3.05, 3.63) is 29.8 Å². The molecule has 1 aliphatic carbocycles. The molecule has 0 aliphatic heterocycles. The van der Waals surface area contributed by atoms with Gasteiger partial charge in [-0.15, -0.1) is 5.10 Å². The molecule has 1 aliphatic rings. The normalized spacial score (nSPS) is 20.1. The van der Waals surface area contributed by atoms with Crippen LogP contribution in [0, 0.1) is 6.92 Å². The van der Waals surface area contributed by atoms with Gasteiger partial charge in [-0.1, -0.05) is 0 Å². The van der Waals surface area contributed by atoms with Crippen LogP contribution in [0.3, 0.4) is 0 Å². The summed E-state index contributed by atoms with van der Waals surface area (Å²) in [6.07, 6.45) is 5.41. The Morgan fingerprint density at radius 2 is 2.08 bits per heavy atom. The molecule has 0 spiro atoms. The second kappa shape index (κ2) is 7.50. The lowest BCUT2D eigenvalue weighted by molar-refractivity contribution is 0.0882. The Morgan fingerprint density at radius 3 is 2.72 bits per heavy atom. The molecule has 1 amide bonds. The van der Waals surface area contributed by atoms with E-state index in [2.05, 4.69) is 20.4 Å². The highest BCUT2D eigenvalue weighted by molar-refractivity contribution is 5.90. The third-order valence-corrected chi connectivity index (χ3v) is 4.37. The van der Waals surface area contributed by atoms with E-state index in [4.69, 9.17) is 9.47 Å². The van der Waals surface area contributed by atoms with Crippen LogP contribution in [0.5, 0.6) is 11.8 Å². The number of carbonyl (C=O) groups excluding carboxylic acids is 1. The van der Waals surface area contributed by atoms with Gasteiger partial charge >= 0.3 is 6.01 Å². The van der Waals surface area contributed by atoms with Crippen LogP contribution in [0.2, 0.25) is 0 Å². The van der Waals surface area contributed by atoms with Gasteiger partial charge in [0, 0.05) is 19.3 Å². The van der Waals surface area contributed by atoms with Gasteiger partial charge in [0.25, 0.3) is 5.91 Å². The van der Waals surface area contributed by atoms with Crippen molar-refractivity contribution < 1.29 is 14.3 Å². The maximum absolute atomic E-state index is 12.3. The van der Waals surface area contributed by atoms with Gasteiger partial charge in [-0.2, -0.15) is 4.98 Å². The maximum Gasteiger partial charge on any atom is 0.314 e. The molecule has 8 nitrogen and oxygen atoms in total. The van der Waals surface area contributed by atoms with Gasteiger partial charge < -0.3 is 14.8 Å². The minimum absolute atomic E-state index is 0.108. The summed E-state index contributed by atoms with van der Waals surface area (Å²) in [4.78, 5) is 20.6. The number of ether oxygens (including phenoxy) is 2. The summed E-state index contributed by atoms with van der Waals surface area (Å²) in [6.45, 7) is 1.94. The lowest BCUT2D eigenvalue weighted by Crippen LogP contribution is -2.40. The number of aryl methyl sites for hydroxylation is 2. The van der Waals surface area contributed by atoms with Crippen molar-refractivity contribution >= 4 is 5.91 Å². The Bertz CT molecular complexity index is 738. The number of pyridine rings is 1. The molecule has 1 saturated carbocycles. The predicted molar refractivity (Wildman–Crippen MR) is 90.7 cm³/mol. The first-order chi connectivity index (χ1) is 12.1. The number of methoxy groups -OCH3 is 1. The van der Waals surface area contributed by atoms with E-state index in [1.807, 2.05) is 19.1 Å². The number of hydrogen-bond donors (Lipinski definition) is 1. The van der Waals surface area contributed by atoms with Gasteiger partial charge in [-0.05, 0) is 44.7 Å². The molecule has 8 heteroatoms. The zero-order chi connectivity index (χ0) is 17.8. The fraction of sp³-hybridized carbons (Fsp3) is 0.529. The third kappa shape index (κ3) is 4.07. The van der Waals surface area contributed by atoms with Gasteiger partial charge in [0.1, 0.15) is 5.75 Å². The molecular formula is C17H23N5O3. The quantitative estimate of drug-likeness (QED) is 0.886. The largest absolute Gasteiger partial charge is 0.489 e. The molecule has 0 saturated heterocycles. The molecule has 1 N–H and O–H groups in total. The lowest BCUT2D eigenvalue weighted by Gasteiger charge is -2.29. The van der Waals surface area contributed by atoms with Crippen LogP contribution >= 0.6 is 0 Å². The van der Waals surface area contributed by atoms with Gasteiger partial charge in [0.2, 0.25) is 5.82 Å². The number of rotatable bonds is 5. The minimum atomic E-state index is -0.272. The van der Waals surface area contributed by atoms with E-state index in [0.29, 0.717) is 6.01 Å². The molecule has 0 atom stereocenters. The van der Waals surface area contributed by atoms with Gasteiger partial charge in [-0.3, -0.25) is 9.78 Å². The molecule has 3 rings (SSSR count). The van der Waals surface area contributed by atoms with Crippen molar-refractivity contribution in [3.8, 4) is 11.8 Å². The number of aromatic nitrogens is 4. The van der Waals surface area contributed by atoms with Crippen LogP contribution < -0.4 is 14.8 Å². The third-order valence-electron chi connectivity index (χ3n) is 4.37. The van der Waals surface area contributed by atoms with E-state index in [0.717, 1.165) is 37.1 Å². The highest BCUT2D eigenvalue weighted by Gasteiger charge is 2.26. The standard InChI is InChI=1S/C17H23N5O3/c1-11-14(5-4-10-18-11)25-13-8-6-12(7-9-13)19-16(23)15-20-17(24-3)22(2)21-15/h4-5,10,12-13H,6-9H2,1-3H3,(H,19,23). The molecule has 1 fully saturated rings. The number of nitrogens with zero attached hydrogens (tertiary/aromatic N) is 4. The fourth-order valence-corrected chi connectivity index (χ4v) is 2.99. The molecule has 0 unspecified atom stereocenters. The first kappa shape index (κ1) is 17.2. The van der Waals surface area contributed by atoms with E-state index in [9.17, 15) is 4.79 Å². The van der Waals surface area contributed by atoms with E-state index in [1.54, 1.807) is 13.2 Å². The summed E-state index contributed by atoms with van der Waals surface area (Å²) in [5, 5.41) is 7.06. The topological polar surface area (TPSA) is 91.2 Å². The van der Waals surface area contributed by atoms with Crippen LogP contribution in [0.15, 0.2) is 18.3 Å². The summed E-state index contributed by atoms with van der Waals surface area (Å²) in [7, 11) is 3.18. The van der Waals surface area contributed by atoms with Gasteiger partial charge in [-0.25, -0.2) is 4.68 Å². The summed E-state index contributed by atoms with van der Waals surface area (Å²) in [5.41, 5.74) is 0.896. The number of amides is 1. The van der Waals surface area contributed by atoms with Crippen molar-refractivity contribution in [2.45, 2.75) is 44.8 Å². The Morgan fingerprint density at radius 1 is 1.32 bits per heavy atom. The van der Waals surface area contributed by atoms with Gasteiger partial charge in [0.05, 0.1) is 18.9 Å². The molecule has 25 heavy (non-hydrogen) atoms. The Hall–Kier alpha value is -2.64. The van der Waals surface area contributed by atoms with Crippen molar-refractivity contribution in [2.75, 3.05) is 7.11 Å². The van der Waals surface area contributed by atoms with Crippen molar-refractivity contribution in [1.29, 1.82) is 0 Å². The highest BCUT2D eigenvalue weighted by atomic mass is 16.5. The number of hydrogen-bond acceptors (Lipinski definition) is 6. The van der Waals surface area contributed by atoms with Crippen LogP contribution in [-0.2, 0) is 7.05 Å². The maximum atomic E-state index is 12.3. The molecule has 0 radical (unpaired) electrons. The molecule has 2 heterocycles. The Balaban J connectivity index is 1.50. The summed E-state index contributed by atoms with van der Waals surface area (Å²) in [6, 6.07) is 4.24. The second-order valence-electron chi connectivity index (χ2n) is 6.20. The van der Waals surface area contributed by atoms with Crippen LogP contribution in [0.4, 0.5) is 0 Å². The highest BCUT2D eigenvalue weighted by Crippen LogP contribution is 2.25. The smallest absolute Gasteiger partial charge is 0.314 e. The van der Waals surface area contributed by atoms with E-state index in [1.165, 1.54) is 11.8 Å². The lowest BCUT2D eigenvalue weighted by atomic mass is 9.93. The molecule has 0 aromatic carbocycles. The molecule has 2 aromatic rings. The molecule has 0 bridgehead atoms. The minimum Gasteiger partial charge on any atom is -0.489 e. The van der Waals surface area contributed by atoms with E-state index < -0.39 is 0 Å². The van der Waals surface area contributed by atoms with E-state index in [-0.39, 0.29) is 23.9 Å². The van der Waals surface area contributed by atoms with Crippen molar-refractivity contribution in [3.63, 3.8) is 0 Å². The van der Waals surface area contributed by atoms with Crippen molar-refractivity contribution in [1.82, 2.24) is 25.1 Å². The monoisotopic (exact) mass is 345 g/mol. The molecule has 2 aromatic heterocycles. The molecule has 134 valence electrons. The summed E-state index contributed by atoms with van der Waals surface area (Å²) in [5.74, 6) is 0.690. The second-order valence-corrected chi connectivity index (χ2v) is 6.20. The first-order valence-corrected chi connectivity index (χ1v) is 8.41. The summed E-state index contributed by atoms with van der Waals surface area (Å²) >= 11 is 0. The number of carbonyl (C=O) groups is 1. The predicted octanol–water partition coefficient (Wildman–Crippen LogP) is 1.65. The Labute approximate surface area is 146 Å². The zero-order valence-corrected chi connectivity index (χ0v) is 14.7. The number of nitrogens with one attached hydrogen (secondary N) is 1. The van der Waals surface area contributed by atoms with Crippen LogP contribution in [0.25, 0.3) is 0 Å². The Kier molecular flexibility index (Phi) is 5.16. The van der Waals surface area contributed by atoms with Crippen molar-refractivity contribution in [2.24, 2.45) is 7.05 Å². The summed E-state index contributed by atoms with van der Waals surface area (Å²) < 4.78 is 12.5.